The predicted octanol–water partition coefficient (Wildman–Crippen LogP) is 2.48. The van der Waals surface area contributed by atoms with E-state index >= 15 is 0 Å². The minimum absolute atomic E-state index is 0.282. The standard InChI is InChI=1S/C13H16NO2Se/c1-3-4-9-16-13(17)14-12(15)11-7-5-10(2)6-8-11/h5-8H,3-4,9H2,1-2H3. The molecule has 0 N–H and O–H groups in total. The van der Waals surface area contributed by atoms with Gasteiger partial charge in [-0.25, -0.2) is 0 Å². The van der Waals surface area contributed by atoms with Gasteiger partial charge in [-0.1, -0.05) is 0 Å². The van der Waals surface area contributed by atoms with Crippen molar-refractivity contribution in [2.45, 2.75) is 26.7 Å². The summed E-state index contributed by atoms with van der Waals surface area (Å²) >= 11 is 2.65. The van der Waals surface area contributed by atoms with Crippen LogP contribution < -0.4 is 0 Å². The number of rotatable bonds is 4. The number of hydrogen-bond donors (Lipinski definition) is 0. The van der Waals surface area contributed by atoms with Crippen molar-refractivity contribution in [3.63, 3.8) is 0 Å². The van der Waals surface area contributed by atoms with Crippen LogP contribution in [0.1, 0.15) is 35.7 Å². The van der Waals surface area contributed by atoms with Gasteiger partial charge in [-0.15, -0.1) is 0 Å². The third kappa shape index (κ3) is 5.16. The second-order valence-electron chi connectivity index (χ2n) is 3.75. The van der Waals surface area contributed by atoms with Crippen molar-refractivity contribution in [3.05, 3.63) is 35.4 Å². The maximum absolute atomic E-state index is 11.7. The van der Waals surface area contributed by atoms with Gasteiger partial charge in [0.05, 0.1) is 0 Å². The molecule has 0 spiro atoms. The summed E-state index contributed by atoms with van der Waals surface area (Å²) in [7, 11) is 0. The van der Waals surface area contributed by atoms with E-state index in [0.29, 0.717) is 17.0 Å². The van der Waals surface area contributed by atoms with Crippen LogP contribution in [0, 0.1) is 6.92 Å². The molecular weight excluding hydrogens is 281 g/mol. The van der Waals surface area contributed by atoms with Crippen molar-refractivity contribution >= 4 is 26.7 Å². The van der Waals surface area contributed by atoms with Gasteiger partial charge in [0.2, 0.25) is 0 Å². The number of carbonyl (C=O) groups is 1. The van der Waals surface area contributed by atoms with E-state index in [0.717, 1.165) is 18.4 Å². The van der Waals surface area contributed by atoms with Crippen molar-refractivity contribution < 1.29 is 9.53 Å². The molecule has 0 fully saturated rings. The van der Waals surface area contributed by atoms with Gasteiger partial charge < -0.3 is 0 Å². The Balaban J connectivity index is 2.58. The van der Waals surface area contributed by atoms with E-state index < -0.39 is 0 Å². The summed E-state index contributed by atoms with van der Waals surface area (Å²) in [6.07, 6.45) is 2.01. The number of unbranched alkanes of at least 4 members (excludes halogenated alkanes) is 1. The average Bonchev–Trinajstić information content (AvgIpc) is 2.30. The summed E-state index contributed by atoms with van der Waals surface area (Å²) in [5.41, 5.74) is 1.69. The summed E-state index contributed by atoms with van der Waals surface area (Å²) in [5.74, 6) is -0.282. The number of carbonyl (C=O) groups excluding carboxylic acids is 1. The number of hydrogen-bond acceptors (Lipinski definition) is 2. The quantitative estimate of drug-likeness (QED) is 0.371. The fourth-order valence-corrected chi connectivity index (χ4v) is 1.53. The molecule has 1 amide bonds. The first-order valence-electron chi connectivity index (χ1n) is 5.63. The SMILES string of the molecule is CCCCOC([Se])=NC(=O)c1ccc(C)cc1. The van der Waals surface area contributed by atoms with Gasteiger partial charge in [0.25, 0.3) is 0 Å². The molecule has 0 saturated heterocycles. The molecular formula is C13H16NO2Se. The molecule has 1 radical (unpaired) electrons. The third-order valence-corrected chi connectivity index (χ3v) is 2.65. The van der Waals surface area contributed by atoms with Crippen LogP contribution in [-0.4, -0.2) is 33.3 Å². The third-order valence-electron chi connectivity index (χ3n) is 2.21. The molecule has 0 aliphatic rings. The van der Waals surface area contributed by atoms with Crippen molar-refractivity contribution in [1.29, 1.82) is 0 Å². The van der Waals surface area contributed by atoms with Crippen LogP contribution >= 0.6 is 0 Å². The number of amides is 1. The fourth-order valence-electron chi connectivity index (χ4n) is 1.18. The van der Waals surface area contributed by atoms with Crippen LogP contribution in [0.2, 0.25) is 0 Å². The molecule has 0 aliphatic carbocycles. The van der Waals surface area contributed by atoms with E-state index in [-0.39, 0.29) is 5.91 Å². The topological polar surface area (TPSA) is 38.7 Å². The minimum atomic E-state index is -0.282. The van der Waals surface area contributed by atoms with Crippen LogP contribution in [-0.2, 0) is 4.74 Å². The van der Waals surface area contributed by atoms with E-state index in [1.54, 1.807) is 12.1 Å². The Hall–Kier alpha value is -1.12. The number of nitrogens with zero attached hydrogens (tertiary/aromatic N) is 1. The zero-order chi connectivity index (χ0) is 12.7. The summed E-state index contributed by atoms with van der Waals surface area (Å²) in [6, 6.07) is 7.31. The molecule has 0 bridgehead atoms. The number of benzene rings is 1. The molecule has 0 heterocycles. The molecule has 0 aromatic heterocycles. The summed E-state index contributed by atoms with van der Waals surface area (Å²) < 4.78 is 5.27. The number of ether oxygens (including phenoxy) is 1. The molecule has 1 rings (SSSR count). The predicted molar refractivity (Wildman–Crippen MR) is 69.6 cm³/mol. The van der Waals surface area contributed by atoms with E-state index in [9.17, 15) is 4.79 Å². The van der Waals surface area contributed by atoms with Crippen molar-refractivity contribution in [3.8, 4) is 0 Å². The summed E-state index contributed by atoms with van der Waals surface area (Å²) in [5, 5.41) is 0. The maximum atomic E-state index is 11.7. The van der Waals surface area contributed by atoms with E-state index in [2.05, 4.69) is 27.9 Å². The summed E-state index contributed by atoms with van der Waals surface area (Å²) in [4.78, 5) is 15.9. The zero-order valence-corrected chi connectivity index (χ0v) is 11.8. The fraction of sp³-hybridized carbons (Fsp3) is 0.385. The van der Waals surface area contributed by atoms with Crippen LogP contribution in [0.3, 0.4) is 0 Å². The van der Waals surface area contributed by atoms with Gasteiger partial charge in [0.1, 0.15) is 0 Å². The van der Waals surface area contributed by atoms with Gasteiger partial charge in [-0.2, -0.15) is 0 Å². The molecule has 0 unspecified atom stereocenters. The van der Waals surface area contributed by atoms with E-state index in [1.165, 1.54) is 0 Å². The molecule has 3 nitrogen and oxygen atoms in total. The molecule has 0 saturated carbocycles. The summed E-state index contributed by atoms with van der Waals surface area (Å²) in [6.45, 7) is 4.64. The first kappa shape index (κ1) is 13.9. The van der Waals surface area contributed by atoms with Crippen LogP contribution in [0.5, 0.6) is 0 Å². The van der Waals surface area contributed by atoms with Gasteiger partial charge >= 0.3 is 110 Å². The van der Waals surface area contributed by atoms with Gasteiger partial charge in [0, 0.05) is 0 Å². The Morgan fingerprint density at radius 2 is 2.00 bits per heavy atom. The number of aliphatic imine (C=N–C) groups is 1. The van der Waals surface area contributed by atoms with Gasteiger partial charge in [-0.05, 0) is 0 Å². The van der Waals surface area contributed by atoms with Gasteiger partial charge in [0.15, 0.2) is 0 Å². The number of aryl methyl sites for hydroxylation is 1. The Kier molecular flexibility index (Phi) is 5.95. The second-order valence-corrected chi connectivity index (χ2v) is 4.48. The van der Waals surface area contributed by atoms with E-state index in [1.807, 2.05) is 19.1 Å². The first-order valence-corrected chi connectivity index (χ1v) is 6.48. The van der Waals surface area contributed by atoms with Gasteiger partial charge in [-0.3, -0.25) is 0 Å². The van der Waals surface area contributed by atoms with Crippen LogP contribution in [0.25, 0.3) is 0 Å². The monoisotopic (exact) mass is 298 g/mol. The molecule has 91 valence electrons. The van der Waals surface area contributed by atoms with Crippen molar-refractivity contribution in [2.75, 3.05) is 6.61 Å². The molecule has 0 aliphatic heterocycles. The van der Waals surface area contributed by atoms with Crippen LogP contribution in [0.4, 0.5) is 0 Å². The Bertz CT molecular complexity index is 398. The molecule has 1 aromatic carbocycles. The Morgan fingerprint density at radius 1 is 1.35 bits per heavy atom. The van der Waals surface area contributed by atoms with E-state index in [4.69, 9.17) is 4.74 Å². The van der Waals surface area contributed by atoms with Crippen LogP contribution in [0.15, 0.2) is 29.3 Å². The molecule has 17 heavy (non-hydrogen) atoms. The second kappa shape index (κ2) is 7.25. The first-order chi connectivity index (χ1) is 8.13. The Labute approximate surface area is 110 Å². The molecule has 1 aromatic rings. The zero-order valence-electron chi connectivity index (χ0n) is 10.1. The average molecular weight is 297 g/mol. The normalized spacial score (nSPS) is 11.3. The van der Waals surface area contributed by atoms with Crippen molar-refractivity contribution in [2.24, 2.45) is 4.99 Å². The Morgan fingerprint density at radius 3 is 2.59 bits per heavy atom. The molecule has 4 heteroatoms. The van der Waals surface area contributed by atoms with Crippen molar-refractivity contribution in [1.82, 2.24) is 0 Å². The molecule has 0 atom stereocenters.